The fourth-order valence-corrected chi connectivity index (χ4v) is 2.67. The minimum atomic E-state index is -4.30. The Kier molecular flexibility index (Phi) is 3.54. The lowest BCUT2D eigenvalue weighted by Crippen LogP contribution is -2.35. The number of thioether (sulfide) groups is 1. The summed E-state index contributed by atoms with van der Waals surface area (Å²) in [5.41, 5.74) is 1.53. The number of rotatable bonds is 2. The normalized spacial score (nSPS) is 23.3. The van der Waals surface area contributed by atoms with Crippen LogP contribution in [0, 0.1) is 0 Å². The second kappa shape index (κ2) is 4.82. The van der Waals surface area contributed by atoms with E-state index in [1.165, 1.54) is 6.07 Å². The van der Waals surface area contributed by atoms with E-state index in [0.29, 0.717) is 12.0 Å². The summed E-state index contributed by atoms with van der Waals surface area (Å²) in [6.45, 7) is 0. The van der Waals surface area contributed by atoms with Crippen molar-refractivity contribution < 1.29 is 13.2 Å². The van der Waals surface area contributed by atoms with Crippen molar-refractivity contribution in [2.45, 2.75) is 22.4 Å². The number of halogens is 3. The maximum Gasteiger partial charge on any atom is 0.446 e. The number of allylic oxidation sites excluding steroid dienone is 2. The van der Waals surface area contributed by atoms with Crippen molar-refractivity contribution in [3.63, 3.8) is 0 Å². The van der Waals surface area contributed by atoms with Gasteiger partial charge in [-0.25, -0.2) is 0 Å². The van der Waals surface area contributed by atoms with E-state index in [2.05, 4.69) is 0 Å². The smallest absolute Gasteiger partial charge is 0.318 e. The molecular weight excluding hydrogens is 259 g/mol. The Labute approximate surface area is 108 Å². The largest absolute Gasteiger partial charge is 0.446 e. The maximum atomic E-state index is 12.5. The first-order valence-corrected chi connectivity index (χ1v) is 6.21. The van der Waals surface area contributed by atoms with Gasteiger partial charge in [0.25, 0.3) is 0 Å². The fraction of sp³-hybridized carbons (Fsp3) is 0.231. The zero-order valence-electron chi connectivity index (χ0n) is 9.45. The second-order valence-electron chi connectivity index (χ2n) is 4.08. The van der Waals surface area contributed by atoms with E-state index in [4.69, 9.17) is 5.73 Å². The van der Waals surface area contributed by atoms with Gasteiger partial charge < -0.3 is 5.73 Å². The van der Waals surface area contributed by atoms with Crippen LogP contribution in [0.1, 0.15) is 12.0 Å². The lowest BCUT2D eigenvalue weighted by atomic mass is 9.85. The Morgan fingerprint density at radius 1 is 1.17 bits per heavy atom. The summed E-state index contributed by atoms with van der Waals surface area (Å²) in [5.74, 6) is 0. The van der Waals surface area contributed by atoms with Crippen molar-refractivity contribution in [1.82, 2.24) is 0 Å². The predicted octanol–water partition coefficient (Wildman–Crippen LogP) is 3.97. The zero-order valence-corrected chi connectivity index (χ0v) is 10.3. The van der Waals surface area contributed by atoms with Gasteiger partial charge in [0.2, 0.25) is 0 Å². The maximum absolute atomic E-state index is 12.5. The van der Waals surface area contributed by atoms with Crippen LogP contribution >= 0.6 is 11.8 Å². The van der Waals surface area contributed by atoms with Crippen molar-refractivity contribution in [1.29, 1.82) is 0 Å². The van der Waals surface area contributed by atoms with Crippen LogP contribution in [-0.2, 0) is 5.54 Å². The Balaban J connectivity index is 2.39. The van der Waals surface area contributed by atoms with E-state index in [1.54, 1.807) is 30.4 Å². The Morgan fingerprint density at radius 3 is 2.50 bits per heavy atom. The van der Waals surface area contributed by atoms with Gasteiger partial charge in [0, 0.05) is 4.90 Å². The molecule has 5 heteroatoms. The first-order valence-electron chi connectivity index (χ1n) is 5.39. The van der Waals surface area contributed by atoms with E-state index >= 15 is 0 Å². The van der Waals surface area contributed by atoms with Gasteiger partial charge in [-0.15, -0.1) is 0 Å². The highest BCUT2D eigenvalue weighted by molar-refractivity contribution is 8.00. The average Bonchev–Trinajstić information content (AvgIpc) is 2.28. The molecule has 0 bridgehead atoms. The van der Waals surface area contributed by atoms with E-state index in [-0.39, 0.29) is 16.7 Å². The zero-order chi connectivity index (χ0) is 13.2. The predicted molar refractivity (Wildman–Crippen MR) is 67.1 cm³/mol. The summed E-state index contributed by atoms with van der Waals surface area (Å²) < 4.78 is 37.5. The van der Waals surface area contributed by atoms with Gasteiger partial charge in [0.15, 0.2) is 0 Å². The summed E-state index contributed by atoms with van der Waals surface area (Å²) in [6.07, 6.45) is 7.69. The molecule has 96 valence electrons. The lowest BCUT2D eigenvalue weighted by molar-refractivity contribution is -0.0328. The first kappa shape index (κ1) is 13.2. The van der Waals surface area contributed by atoms with E-state index < -0.39 is 11.0 Å². The average molecular weight is 271 g/mol. The van der Waals surface area contributed by atoms with Crippen LogP contribution in [-0.4, -0.2) is 5.51 Å². The van der Waals surface area contributed by atoms with Crippen LogP contribution in [0.3, 0.4) is 0 Å². The van der Waals surface area contributed by atoms with Crippen LogP contribution in [0.25, 0.3) is 0 Å². The molecule has 2 rings (SSSR count). The van der Waals surface area contributed by atoms with E-state index in [1.807, 2.05) is 12.2 Å². The molecule has 1 unspecified atom stereocenters. The molecule has 1 aliphatic carbocycles. The SMILES string of the molecule is NC1(c2ccccc2SC(F)(F)F)C=CC=CC1. The van der Waals surface area contributed by atoms with Crippen molar-refractivity contribution in [3.05, 3.63) is 54.1 Å². The summed E-state index contributed by atoms with van der Waals surface area (Å²) in [6, 6.07) is 6.39. The molecule has 0 saturated carbocycles. The first-order chi connectivity index (χ1) is 8.41. The molecule has 18 heavy (non-hydrogen) atoms. The highest BCUT2D eigenvalue weighted by Crippen LogP contribution is 2.42. The molecule has 0 saturated heterocycles. The van der Waals surface area contributed by atoms with Crippen molar-refractivity contribution in [2.75, 3.05) is 0 Å². The van der Waals surface area contributed by atoms with Crippen molar-refractivity contribution >= 4 is 11.8 Å². The van der Waals surface area contributed by atoms with Gasteiger partial charge in [-0.3, -0.25) is 0 Å². The van der Waals surface area contributed by atoms with Gasteiger partial charge in [-0.05, 0) is 29.8 Å². The highest BCUT2D eigenvalue weighted by Gasteiger charge is 2.34. The van der Waals surface area contributed by atoms with Crippen LogP contribution in [0.5, 0.6) is 0 Å². The van der Waals surface area contributed by atoms with Gasteiger partial charge in [-0.1, -0.05) is 42.5 Å². The molecule has 0 amide bonds. The van der Waals surface area contributed by atoms with E-state index in [9.17, 15) is 13.2 Å². The molecule has 1 aromatic rings. The van der Waals surface area contributed by atoms with Crippen LogP contribution in [0.15, 0.2) is 53.5 Å². The third kappa shape index (κ3) is 2.97. The third-order valence-electron chi connectivity index (χ3n) is 2.71. The number of hydrogen-bond acceptors (Lipinski definition) is 2. The molecular formula is C13H12F3NS. The standard InChI is InChI=1S/C13H12F3NS/c14-13(15,16)18-11-7-3-2-6-10(11)12(17)8-4-1-5-9-12/h1-8H,9,17H2. The Hall–Kier alpha value is -1.20. The van der Waals surface area contributed by atoms with Gasteiger partial charge in [-0.2, -0.15) is 13.2 Å². The molecule has 1 atom stereocenters. The lowest BCUT2D eigenvalue weighted by Gasteiger charge is -2.29. The van der Waals surface area contributed by atoms with Crippen molar-refractivity contribution in [3.8, 4) is 0 Å². The molecule has 1 aromatic carbocycles. The van der Waals surface area contributed by atoms with Crippen LogP contribution in [0.4, 0.5) is 13.2 Å². The molecule has 0 spiro atoms. The van der Waals surface area contributed by atoms with Gasteiger partial charge in [0.1, 0.15) is 0 Å². The van der Waals surface area contributed by atoms with Gasteiger partial charge >= 0.3 is 5.51 Å². The summed E-state index contributed by atoms with van der Waals surface area (Å²) in [5, 5.41) is 0. The molecule has 1 nitrogen and oxygen atoms in total. The molecule has 2 N–H and O–H groups in total. The van der Waals surface area contributed by atoms with Gasteiger partial charge in [0.05, 0.1) is 5.54 Å². The topological polar surface area (TPSA) is 26.0 Å². The molecule has 1 aliphatic rings. The van der Waals surface area contributed by atoms with Crippen LogP contribution < -0.4 is 5.73 Å². The molecule has 0 fully saturated rings. The van der Waals surface area contributed by atoms with Crippen molar-refractivity contribution in [2.24, 2.45) is 5.73 Å². The highest BCUT2D eigenvalue weighted by atomic mass is 32.2. The third-order valence-corrected chi connectivity index (χ3v) is 3.52. The second-order valence-corrected chi connectivity index (χ2v) is 5.18. The van der Waals surface area contributed by atoms with E-state index in [0.717, 1.165) is 0 Å². The molecule has 0 aromatic heterocycles. The minimum absolute atomic E-state index is 0.118. The fourth-order valence-electron chi connectivity index (χ4n) is 1.90. The minimum Gasteiger partial charge on any atom is -0.318 e. The monoisotopic (exact) mass is 271 g/mol. The summed E-state index contributed by atoms with van der Waals surface area (Å²) in [7, 11) is 0. The quantitative estimate of drug-likeness (QED) is 0.824. The number of nitrogens with two attached hydrogens (primary N) is 1. The summed E-state index contributed by atoms with van der Waals surface area (Å²) >= 11 is -0.118. The number of benzene rings is 1. The number of hydrogen-bond donors (Lipinski definition) is 1. The molecule has 0 radical (unpaired) electrons. The Morgan fingerprint density at radius 2 is 1.89 bits per heavy atom. The summed E-state index contributed by atoms with van der Waals surface area (Å²) in [4.78, 5) is 0.160. The van der Waals surface area contributed by atoms with Crippen LogP contribution in [0.2, 0.25) is 0 Å². The Bertz CT molecular complexity index is 493. The molecule has 0 aliphatic heterocycles. The molecule has 0 heterocycles. The number of alkyl halides is 3.